The first kappa shape index (κ1) is 15.3. The van der Waals surface area contributed by atoms with E-state index in [4.69, 9.17) is 5.11 Å². The molecule has 112 valence electrons. The molecule has 0 amide bonds. The molecule has 0 unspecified atom stereocenters. The quantitative estimate of drug-likeness (QED) is 0.766. The summed E-state index contributed by atoms with van der Waals surface area (Å²) in [5.74, 6) is 0. The third-order valence-electron chi connectivity index (χ3n) is 4.30. The number of anilines is 1. The maximum atomic E-state index is 9.10. The fourth-order valence-corrected chi connectivity index (χ4v) is 2.78. The zero-order chi connectivity index (χ0) is 14.4. The van der Waals surface area contributed by atoms with Gasteiger partial charge in [-0.3, -0.25) is 0 Å². The summed E-state index contributed by atoms with van der Waals surface area (Å²) in [6, 6.07) is 7.48. The number of aryl methyl sites for hydroxylation is 1. The summed E-state index contributed by atoms with van der Waals surface area (Å²) in [6.45, 7) is 7.53. The van der Waals surface area contributed by atoms with Gasteiger partial charge in [-0.15, -0.1) is 0 Å². The van der Waals surface area contributed by atoms with Crippen LogP contribution >= 0.6 is 0 Å². The summed E-state index contributed by atoms with van der Waals surface area (Å²) in [7, 11) is 0. The zero-order valence-electron chi connectivity index (χ0n) is 12.9. The van der Waals surface area contributed by atoms with Crippen molar-refractivity contribution in [2.45, 2.75) is 52.1 Å². The molecule has 0 heterocycles. The first-order valence-electron chi connectivity index (χ1n) is 7.94. The van der Waals surface area contributed by atoms with Gasteiger partial charge in [0.2, 0.25) is 0 Å². The van der Waals surface area contributed by atoms with Crippen LogP contribution in [0.1, 0.15) is 43.7 Å². The number of nitrogens with zero attached hydrogens (tertiary/aromatic N) is 1. The van der Waals surface area contributed by atoms with Crippen molar-refractivity contribution in [3.63, 3.8) is 0 Å². The van der Waals surface area contributed by atoms with Crippen LogP contribution in [0.15, 0.2) is 18.2 Å². The van der Waals surface area contributed by atoms with Crippen molar-refractivity contribution in [3.8, 4) is 0 Å². The molecule has 3 nitrogen and oxygen atoms in total. The molecule has 1 fully saturated rings. The lowest BCUT2D eigenvalue weighted by molar-refractivity contribution is 0.283. The third-order valence-corrected chi connectivity index (χ3v) is 4.30. The van der Waals surface area contributed by atoms with E-state index >= 15 is 0 Å². The lowest BCUT2D eigenvalue weighted by Gasteiger charge is -2.39. The van der Waals surface area contributed by atoms with Gasteiger partial charge in [-0.05, 0) is 62.4 Å². The Kier molecular flexibility index (Phi) is 5.86. The Morgan fingerprint density at radius 2 is 2.15 bits per heavy atom. The number of hydrogen-bond donors (Lipinski definition) is 2. The van der Waals surface area contributed by atoms with Gasteiger partial charge in [0.15, 0.2) is 0 Å². The number of aliphatic hydroxyl groups excluding tert-OH is 1. The highest BCUT2D eigenvalue weighted by Crippen LogP contribution is 2.30. The Bertz CT molecular complexity index is 415. The SMILES string of the molecule is CCNCc1ccc(N(CCCO)C2CCC2)cc1C. The van der Waals surface area contributed by atoms with E-state index in [0.29, 0.717) is 6.04 Å². The minimum atomic E-state index is 0.278. The monoisotopic (exact) mass is 276 g/mol. The predicted octanol–water partition coefficient (Wildman–Crippen LogP) is 2.85. The Morgan fingerprint density at radius 3 is 2.70 bits per heavy atom. The molecule has 0 radical (unpaired) electrons. The molecule has 0 atom stereocenters. The van der Waals surface area contributed by atoms with E-state index in [-0.39, 0.29) is 6.61 Å². The van der Waals surface area contributed by atoms with Crippen LogP contribution in [0.3, 0.4) is 0 Å². The van der Waals surface area contributed by atoms with Crippen LogP contribution < -0.4 is 10.2 Å². The molecule has 3 heteroatoms. The summed E-state index contributed by atoms with van der Waals surface area (Å²) in [6.07, 6.45) is 4.79. The van der Waals surface area contributed by atoms with Crippen LogP contribution in [-0.2, 0) is 6.54 Å². The molecule has 1 aliphatic rings. The number of nitrogens with one attached hydrogen (secondary N) is 1. The van der Waals surface area contributed by atoms with Crippen LogP contribution in [0.5, 0.6) is 0 Å². The summed E-state index contributed by atoms with van der Waals surface area (Å²) in [4.78, 5) is 2.49. The second-order valence-corrected chi connectivity index (χ2v) is 5.75. The molecule has 2 N–H and O–H groups in total. The van der Waals surface area contributed by atoms with Gasteiger partial charge < -0.3 is 15.3 Å². The maximum Gasteiger partial charge on any atom is 0.0447 e. The van der Waals surface area contributed by atoms with E-state index in [2.05, 4.69) is 42.3 Å². The van der Waals surface area contributed by atoms with E-state index in [1.54, 1.807) is 0 Å². The van der Waals surface area contributed by atoms with Crippen molar-refractivity contribution in [1.29, 1.82) is 0 Å². The Balaban J connectivity index is 2.09. The minimum Gasteiger partial charge on any atom is -0.396 e. The van der Waals surface area contributed by atoms with Gasteiger partial charge in [-0.2, -0.15) is 0 Å². The molecule has 1 aliphatic carbocycles. The molecule has 1 aromatic carbocycles. The fraction of sp³-hybridized carbons (Fsp3) is 0.647. The highest BCUT2D eigenvalue weighted by molar-refractivity contribution is 5.52. The lowest BCUT2D eigenvalue weighted by atomic mass is 9.90. The first-order valence-corrected chi connectivity index (χ1v) is 7.94. The molecule has 0 bridgehead atoms. The van der Waals surface area contributed by atoms with E-state index in [1.165, 1.54) is 36.1 Å². The third kappa shape index (κ3) is 3.74. The number of aliphatic hydroxyl groups is 1. The molecular formula is C17H28N2O. The van der Waals surface area contributed by atoms with Crippen LogP contribution in [0.2, 0.25) is 0 Å². The Labute approximate surface area is 123 Å². The van der Waals surface area contributed by atoms with Gasteiger partial charge in [0.1, 0.15) is 0 Å². The van der Waals surface area contributed by atoms with Crippen LogP contribution in [0.4, 0.5) is 5.69 Å². The van der Waals surface area contributed by atoms with Gasteiger partial charge in [-0.1, -0.05) is 13.0 Å². The molecule has 0 aliphatic heterocycles. The fourth-order valence-electron chi connectivity index (χ4n) is 2.78. The van der Waals surface area contributed by atoms with Crippen molar-refractivity contribution in [2.24, 2.45) is 0 Å². The van der Waals surface area contributed by atoms with Crippen LogP contribution in [0, 0.1) is 6.92 Å². The van der Waals surface area contributed by atoms with Gasteiger partial charge >= 0.3 is 0 Å². The van der Waals surface area contributed by atoms with Crippen LogP contribution in [0.25, 0.3) is 0 Å². The Hall–Kier alpha value is -1.06. The predicted molar refractivity (Wildman–Crippen MR) is 85.2 cm³/mol. The van der Waals surface area contributed by atoms with Crippen molar-refractivity contribution in [1.82, 2.24) is 5.32 Å². The highest BCUT2D eigenvalue weighted by Gasteiger charge is 2.24. The van der Waals surface area contributed by atoms with E-state index in [1.807, 2.05) is 0 Å². The van der Waals surface area contributed by atoms with Gasteiger partial charge in [0, 0.05) is 31.4 Å². The molecule has 0 aromatic heterocycles. The number of benzene rings is 1. The average Bonchev–Trinajstić information content (AvgIpc) is 2.40. The van der Waals surface area contributed by atoms with E-state index < -0.39 is 0 Å². The minimum absolute atomic E-state index is 0.278. The second-order valence-electron chi connectivity index (χ2n) is 5.75. The van der Waals surface area contributed by atoms with Crippen molar-refractivity contribution < 1.29 is 5.11 Å². The number of rotatable bonds is 8. The molecule has 20 heavy (non-hydrogen) atoms. The summed E-state index contributed by atoms with van der Waals surface area (Å²) < 4.78 is 0. The largest absolute Gasteiger partial charge is 0.396 e. The molecular weight excluding hydrogens is 248 g/mol. The molecule has 0 saturated heterocycles. The van der Waals surface area contributed by atoms with Crippen molar-refractivity contribution in [2.75, 3.05) is 24.6 Å². The highest BCUT2D eigenvalue weighted by atomic mass is 16.3. The standard InChI is InChI=1S/C17H28N2O/c1-3-18-13-15-8-9-17(12-14(15)2)19(10-5-11-20)16-6-4-7-16/h8-9,12,16,18,20H,3-7,10-11,13H2,1-2H3. The summed E-state index contributed by atoms with van der Waals surface area (Å²) in [5, 5.41) is 12.5. The van der Waals surface area contributed by atoms with E-state index in [0.717, 1.165) is 26.1 Å². The summed E-state index contributed by atoms with van der Waals surface area (Å²) in [5.41, 5.74) is 4.06. The molecule has 1 saturated carbocycles. The second kappa shape index (κ2) is 7.65. The van der Waals surface area contributed by atoms with Gasteiger partial charge in [-0.25, -0.2) is 0 Å². The normalized spacial score (nSPS) is 15.2. The van der Waals surface area contributed by atoms with Crippen molar-refractivity contribution >= 4 is 5.69 Å². The van der Waals surface area contributed by atoms with Crippen LogP contribution in [-0.4, -0.2) is 30.8 Å². The first-order chi connectivity index (χ1) is 9.76. The van der Waals surface area contributed by atoms with E-state index in [9.17, 15) is 0 Å². The summed E-state index contributed by atoms with van der Waals surface area (Å²) >= 11 is 0. The average molecular weight is 276 g/mol. The zero-order valence-corrected chi connectivity index (χ0v) is 12.9. The van der Waals surface area contributed by atoms with Crippen molar-refractivity contribution in [3.05, 3.63) is 29.3 Å². The number of hydrogen-bond acceptors (Lipinski definition) is 3. The van der Waals surface area contributed by atoms with Gasteiger partial charge in [0.05, 0.1) is 0 Å². The Morgan fingerprint density at radius 1 is 1.35 bits per heavy atom. The van der Waals surface area contributed by atoms with Gasteiger partial charge in [0.25, 0.3) is 0 Å². The molecule has 1 aromatic rings. The maximum absolute atomic E-state index is 9.10. The topological polar surface area (TPSA) is 35.5 Å². The smallest absolute Gasteiger partial charge is 0.0447 e. The molecule has 2 rings (SSSR count). The lowest BCUT2D eigenvalue weighted by Crippen LogP contribution is -2.41. The molecule has 0 spiro atoms.